The SMILES string of the molecule is O=S(=O)(C(F)F)N(CCO)C1CCCCC1. The summed E-state index contributed by atoms with van der Waals surface area (Å²) in [6, 6.07) is -0.375. The summed E-state index contributed by atoms with van der Waals surface area (Å²) in [5.41, 5.74) is 0. The van der Waals surface area contributed by atoms with E-state index in [2.05, 4.69) is 0 Å². The molecule has 1 fully saturated rings. The van der Waals surface area contributed by atoms with Gasteiger partial charge in [0.15, 0.2) is 0 Å². The van der Waals surface area contributed by atoms with Gasteiger partial charge in [0.2, 0.25) is 0 Å². The zero-order valence-corrected chi connectivity index (χ0v) is 9.80. The zero-order valence-electron chi connectivity index (χ0n) is 8.98. The van der Waals surface area contributed by atoms with Gasteiger partial charge in [0.1, 0.15) is 0 Å². The first-order chi connectivity index (χ1) is 7.50. The van der Waals surface area contributed by atoms with Crippen molar-refractivity contribution in [3.8, 4) is 0 Å². The third kappa shape index (κ3) is 3.11. The number of hydrogen-bond donors (Lipinski definition) is 1. The van der Waals surface area contributed by atoms with Crippen LogP contribution in [0.2, 0.25) is 0 Å². The largest absolute Gasteiger partial charge is 0.395 e. The van der Waals surface area contributed by atoms with Crippen LogP contribution in [0.5, 0.6) is 0 Å². The second-order valence-corrected chi connectivity index (χ2v) is 5.79. The van der Waals surface area contributed by atoms with Crippen molar-refractivity contribution in [1.29, 1.82) is 0 Å². The summed E-state index contributed by atoms with van der Waals surface area (Å²) in [6.45, 7) is -0.667. The standard InChI is InChI=1S/C9H17F2NO3S/c10-9(11)16(14,15)12(6-7-13)8-4-2-1-3-5-8/h8-9,13H,1-7H2. The molecule has 96 valence electrons. The van der Waals surface area contributed by atoms with Crippen molar-refractivity contribution in [1.82, 2.24) is 4.31 Å². The molecule has 0 aromatic heterocycles. The van der Waals surface area contributed by atoms with Crippen LogP contribution in [0.25, 0.3) is 0 Å². The predicted octanol–water partition coefficient (Wildman–Crippen LogP) is 1.17. The van der Waals surface area contributed by atoms with Crippen LogP contribution in [0.3, 0.4) is 0 Å². The van der Waals surface area contributed by atoms with E-state index in [1.165, 1.54) is 0 Å². The molecule has 1 rings (SSSR count). The van der Waals surface area contributed by atoms with Crippen molar-refractivity contribution >= 4 is 10.0 Å². The predicted molar refractivity (Wildman–Crippen MR) is 55.6 cm³/mol. The van der Waals surface area contributed by atoms with Crippen LogP contribution in [0, 0.1) is 0 Å². The minimum Gasteiger partial charge on any atom is -0.395 e. The number of halogens is 2. The molecule has 0 aromatic rings. The lowest BCUT2D eigenvalue weighted by Gasteiger charge is -2.32. The molecule has 1 saturated carbocycles. The molecular formula is C9H17F2NO3S. The zero-order chi connectivity index (χ0) is 12.2. The lowest BCUT2D eigenvalue weighted by Crippen LogP contribution is -2.45. The molecule has 0 radical (unpaired) electrons. The topological polar surface area (TPSA) is 57.6 Å². The maximum atomic E-state index is 12.4. The van der Waals surface area contributed by atoms with Gasteiger partial charge in [-0.3, -0.25) is 0 Å². The number of aliphatic hydroxyl groups is 1. The highest BCUT2D eigenvalue weighted by molar-refractivity contribution is 7.89. The van der Waals surface area contributed by atoms with Crippen LogP contribution in [-0.4, -0.2) is 42.8 Å². The number of aliphatic hydroxyl groups excluding tert-OH is 1. The molecule has 1 aliphatic rings. The smallest absolute Gasteiger partial charge is 0.350 e. The number of rotatable bonds is 5. The Hall–Kier alpha value is -0.270. The van der Waals surface area contributed by atoms with Crippen LogP contribution >= 0.6 is 0 Å². The first-order valence-corrected chi connectivity index (χ1v) is 6.90. The molecule has 0 amide bonds. The Morgan fingerprint density at radius 2 is 1.81 bits per heavy atom. The summed E-state index contributed by atoms with van der Waals surface area (Å²) in [5, 5.41) is 8.76. The third-order valence-electron chi connectivity index (χ3n) is 2.85. The maximum absolute atomic E-state index is 12.4. The molecule has 0 saturated heterocycles. The summed E-state index contributed by atoms with van der Waals surface area (Å²) in [7, 11) is -4.56. The van der Waals surface area contributed by atoms with Gasteiger partial charge in [-0.15, -0.1) is 0 Å². The molecule has 0 unspecified atom stereocenters. The van der Waals surface area contributed by atoms with Gasteiger partial charge in [0, 0.05) is 12.6 Å². The minimum atomic E-state index is -4.56. The fourth-order valence-corrected chi connectivity index (χ4v) is 3.25. The monoisotopic (exact) mass is 257 g/mol. The van der Waals surface area contributed by atoms with Gasteiger partial charge in [-0.25, -0.2) is 8.42 Å². The third-order valence-corrected chi connectivity index (χ3v) is 4.44. The molecule has 0 bridgehead atoms. The summed E-state index contributed by atoms with van der Waals surface area (Å²) in [4.78, 5) is 0. The summed E-state index contributed by atoms with van der Waals surface area (Å²) in [6.07, 6.45) is 3.92. The number of nitrogens with zero attached hydrogens (tertiary/aromatic N) is 1. The van der Waals surface area contributed by atoms with Crippen molar-refractivity contribution in [3.05, 3.63) is 0 Å². The Kier molecular flexibility index (Phi) is 5.07. The molecule has 0 aromatic carbocycles. The van der Waals surface area contributed by atoms with Crippen molar-refractivity contribution < 1.29 is 22.3 Å². The van der Waals surface area contributed by atoms with Crippen LogP contribution in [0.15, 0.2) is 0 Å². The van der Waals surface area contributed by atoms with Crippen LogP contribution < -0.4 is 0 Å². The molecule has 7 heteroatoms. The molecule has 0 aliphatic heterocycles. The molecule has 0 spiro atoms. The summed E-state index contributed by atoms with van der Waals surface area (Å²) in [5.74, 6) is -3.40. The Bertz CT molecular complexity index is 302. The minimum absolute atomic E-state index is 0.239. The van der Waals surface area contributed by atoms with Crippen molar-refractivity contribution in [2.45, 2.75) is 43.9 Å². The first-order valence-electron chi connectivity index (χ1n) is 5.40. The van der Waals surface area contributed by atoms with E-state index in [-0.39, 0.29) is 12.6 Å². The van der Waals surface area contributed by atoms with Gasteiger partial charge in [-0.05, 0) is 12.8 Å². The number of alkyl halides is 2. The van der Waals surface area contributed by atoms with Crippen molar-refractivity contribution in [2.24, 2.45) is 0 Å². The highest BCUT2D eigenvalue weighted by atomic mass is 32.2. The molecule has 1 aliphatic carbocycles. The van der Waals surface area contributed by atoms with Gasteiger partial charge >= 0.3 is 5.76 Å². The summed E-state index contributed by atoms with van der Waals surface area (Å²) < 4.78 is 48.4. The second kappa shape index (κ2) is 5.88. The molecule has 0 atom stereocenters. The van der Waals surface area contributed by atoms with E-state index < -0.39 is 22.4 Å². The van der Waals surface area contributed by atoms with Crippen LogP contribution in [-0.2, 0) is 10.0 Å². The van der Waals surface area contributed by atoms with E-state index in [1.807, 2.05) is 0 Å². The fourth-order valence-electron chi connectivity index (χ4n) is 2.09. The Morgan fingerprint density at radius 3 is 2.25 bits per heavy atom. The highest BCUT2D eigenvalue weighted by Crippen LogP contribution is 2.26. The van der Waals surface area contributed by atoms with Gasteiger partial charge < -0.3 is 5.11 Å². The van der Waals surface area contributed by atoms with Gasteiger partial charge in [-0.1, -0.05) is 19.3 Å². The second-order valence-electron chi connectivity index (χ2n) is 3.93. The van der Waals surface area contributed by atoms with Crippen molar-refractivity contribution in [3.63, 3.8) is 0 Å². The highest BCUT2D eigenvalue weighted by Gasteiger charge is 2.36. The summed E-state index contributed by atoms with van der Waals surface area (Å²) >= 11 is 0. The average molecular weight is 257 g/mol. The van der Waals surface area contributed by atoms with Crippen LogP contribution in [0.4, 0.5) is 8.78 Å². The van der Waals surface area contributed by atoms with Gasteiger partial charge in [-0.2, -0.15) is 13.1 Å². The Morgan fingerprint density at radius 1 is 1.25 bits per heavy atom. The molecule has 0 heterocycles. The van der Waals surface area contributed by atoms with Crippen molar-refractivity contribution in [2.75, 3.05) is 13.2 Å². The van der Waals surface area contributed by atoms with Crippen LogP contribution in [0.1, 0.15) is 32.1 Å². The van der Waals surface area contributed by atoms with Gasteiger partial charge in [0.25, 0.3) is 10.0 Å². The van der Waals surface area contributed by atoms with E-state index in [9.17, 15) is 17.2 Å². The van der Waals surface area contributed by atoms with E-state index in [1.54, 1.807) is 0 Å². The normalized spacial score (nSPS) is 19.6. The quantitative estimate of drug-likeness (QED) is 0.804. The maximum Gasteiger partial charge on any atom is 0.350 e. The number of hydrogen-bond acceptors (Lipinski definition) is 3. The first kappa shape index (κ1) is 13.8. The van der Waals surface area contributed by atoms with E-state index in [0.29, 0.717) is 12.8 Å². The fraction of sp³-hybridized carbons (Fsp3) is 1.00. The molecule has 16 heavy (non-hydrogen) atoms. The van der Waals surface area contributed by atoms with E-state index in [4.69, 9.17) is 5.11 Å². The van der Waals surface area contributed by atoms with E-state index >= 15 is 0 Å². The molecular weight excluding hydrogens is 240 g/mol. The lowest BCUT2D eigenvalue weighted by molar-refractivity contribution is 0.172. The molecule has 1 N–H and O–H groups in total. The Labute approximate surface area is 94.3 Å². The average Bonchev–Trinajstić information content (AvgIpc) is 2.26. The Balaban J connectivity index is 2.80. The lowest BCUT2D eigenvalue weighted by atomic mass is 9.95. The van der Waals surface area contributed by atoms with E-state index in [0.717, 1.165) is 23.6 Å². The van der Waals surface area contributed by atoms with Gasteiger partial charge in [0.05, 0.1) is 6.61 Å². The molecule has 4 nitrogen and oxygen atoms in total. The number of sulfonamides is 1.